The fraction of sp³-hybridized carbons (Fsp3) is 0.667. The normalized spacial score (nSPS) is 30.8. The van der Waals surface area contributed by atoms with Crippen LogP contribution in [0.5, 0.6) is 0 Å². The number of hydrogen-bond acceptors (Lipinski definition) is 3. The highest BCUT2D eigenvalue weighted by Gasteiger charge is 2.46. The smallest absolute Gasteiger partial charge is 0.313 e. The molecule has 0 N–H and O–H groups in total. The van der Waals surface area contributed by atoms with E-state index in [2.05, 4.69) is 4.74 Å². The Bertz CT molecular complexity index is 197. The zero-order valence-corrected chi connectivity index (χ0v) is 5.50. The number of esters is 2. The lowest BCUT2D eigenvalue weighted by molar-refractivity contribution is -0.151. The summed E-state index contributed by atoms with van der Waals surface area (Å²) in [7, 11) is 0. The van der Waals surface area contributed by atoms with Gasteiger partial charge in [0.1, 0.15) is 0 Å². The number of hydrogen-bond donors (Lipinski definition) is 0. The van der Waals surface area contributed by atoms with Crippen molar-refractivity contribution in [3.8, 4) is 0 Å². The van der Waals surface area contributed by atoms with Gasteiger partial charge in [-0.3, -0.25) is 9.59 Å². The van der Waals surface area contributed by atoms with Crippen LogP contribution in [0, 0.1) is 0 Å². The molecule has 1 unspecified atom stereocenters. The van der Waals surface area contributed by atoms with Crippen LogP contribution in [0.1, 0.15) is 6.42 Å². The summed E-state index contributed by atoms with van der Waals surface area (Å²) in [5.74, 6) is -0.734. The average Bonchev–Trinajstić information content (AvgIpc) is 2.61. The third-order valence-electron chi connectivity index (χ3n) is 2.09. The van der Waals surface area contributed by atoms with E-state index >= 15 is 0 Å². The molecule has 2 heterocycles. The van der Waals surface area contributed by atoms with Gasteiger partial charge in [-0.25, -0.2) is 0 Å². The van der Waals surface area contributed by atoms with Gasteiger partial charge in [-0.15, -0.1) is 0 Å². The maximum Gasteiger partial charge on any atom is 0.313 e. The predicted octanol–water partition coefficient (Wildman–Crippen LogP) is 0.338. The van der Waals surface area contributed by atoms with Gasteiger partial charge in [0, 0.05) is 5.82 Å². The number of carbonyl (C=O) groups excluding carboxylic acids is 2. The Morgan fingerprint density at radius 2 is 2.10 bits per heavy atom. The molecule has 1 atom stereocenters. The van der Waals surface area contributed by atoms with Crippen LogP contribution in [0.4, 0.5) is 0 Å². The molecule has 2 rings (SSSR count). The first kappa shape index (κ1) is 5.95. The van der Waals surface area contributed by atoms with Crippen LogP contribution in [0.2, 0.25) is 18.5 Å². The predicted molar refractivity (Wildman–Crippen MR) is 34.8 cm³/mol. The summed E-state index contributed by atoms with van der Waals surface area (Å²) in [4.78, 5) is 21.4. The molecule has 2 fully saturated rings. The molecular formula is C6H7BO3. The van der Waals surface area contributed by atoms with Crippen molar-refractivity contribution in [2.45, 2.75) is 24.9 Å². The van der Waals surface area contributed by atoms with Crippen molar-refractivity contribution in [3.63, 3.8) is 0 Å². The minimum Gasteiger partial charge on any atom is -0.393 e. The van der Waals surface area contributed by atoms with Gasteiger partial charge in [-0.05, 0) is 0 Å². The lowest BCUT2D eigenvalue weighted by Gasteiger charge is -1.94. The second-order valence-electron chi connectivity index (χ2n) is 2.94. The van der Waals surface area contributed by atoms with E-state index in [-0.39, 0.29) is 17.8 Å². The fourth-order valence-electron chi connectivity index (χ4n) is 1.35. The second-order valence-corrected chi connectivity index (χ2v) is 2.94. The van der Waals surface area contributed by atoms with Crippen LogP contribution >= 0.6 is 0 Å². The minimum absolute atomic E-state index is 0.0903. The SMILES string of the molecule is O=C1CC(B2CC2)C(=O)O1. The Kier molecular flexibility index (Phi) is 1.10. The van der Waals surface area contributed by atoms with Gasteiger partial charge >= 0.3 is 11.9 Å². The number of cyclic esters (lactones) is 2. The van der Waals surface area contributed by atoms with Crippen LogP contribution in [-0.4, -0.2) is 18.7 Å². The lowest BCUT2D eigenvalue weighted by atomic mass is 9.57. The molecule has 0 saturated carbocycles. The van der Waals surface area contributed by atoms with Gasteiger partial charge in [0.25, 0.3) is 0 Å². The highest BCUT2D eigenvalue weighted by atomic mass is 16.6. The Morgan fingerprint density at radius 1 is 1.40 bits per heavy atom. The highest BCUT2D eigenvalue weighted by molar-refractivity contribution is 6.74. The largest absolute Gasteiger partial charge is 0.393 e. The molecule has 0 bridgehead atoms. The van der Waals surface area contributed by atoms with Crippen LogP contribution in [0.25, 0.3) is 0 Å². The minimum atomic E-state index is -0.345. The number of ether oxygens (including phenoxy) is 1. The number of carbonyl (C=O) groups is 2. The quantitative estimate of drug-likeness (QED) is 0.298. The van der Waals surface area contributed by atoms with E-state index in [0.717, 1.165) is 12.6 Å². The molecule has 0 spiro atoms. The molecule has 10 heavy (non-hydrogen) atoms. The van der Waals surface area contributed by atoms with Gasteiger partial charge in [0.05, 0.1) is 6.42 Å². The maximum absolute atomic E-state index is 10.8. The molecule has 0 aromatic rings. The van der Waals surface area contributed by atoms with Gasteiger partial charge in [0.15, 0.2) is 6.71 Å². The van der Waals surface area contributed by atoms with Crippen molar-refractivity contribution in [2.75, 3.05) is 0 Å². The van der Waals surface area contributed by atoms with E-state index < -0.39 is 0 Å². The summed E-state index contributed by atoms with van der Waals surface area (Å²) in [6, 6.07) is 0. The van der Waals surface area contributed by atoms with E-state index in [4.69, 9.17) is 0 Å². The average molecular weight is 138 g/mol. The molecule has 0 aliphatic carbocycles. The Balaban J connectivity index is 2.08. The Labute approximate surface area is 58.8 Å². The van der Waals surface area contributed by atoms with Gasteiger partial charge < -0.3 is 4.74 Å². The highest BCUT2D eigenvalue weighted by Crippen LogP contribution is 2.38. The van der Waals surface area contributed by atoms with Crippen molar-refractivity contribution in [2.24, 2.45) is 0 Å². The second kappa shape index (κ2) is 1.84. The standard InChI is InChI=1S/C6H7BO3/c8-5-3-4(6(9)10-5)7-1-2-7/h4H,1-3H2. The first-order chi connectivity index (χ1) is 4.77. The van der Waals surface area contributed by atoms with Crippen molar-refractivity contribution >= 4 is 18.7 Å². The van der Waals surface area contributed by atoms with Crippen molar-refractivity contribution in [1.29, 1.82) is 0 Å². The molecule has 0 aromatic carbocycles. The van der Waals surface area contributed by atoms with E-state index in [9.17, 15) is 9.59 Å². The van der Waals surface area contributed by atoms with Crippen molar-refractivity contribution < 1.29 is 14.3 Å². The van der Waals surface area contributed by atoms with Gasteiger partial charge in [-0.1, -0.05) is 12.6 Å². The molecule has 52 valence electrons. The van der Waals surface area contributed by atoms with Crippen LogP contribution in [0.3, 0.4) is 0 Å². The lowest BCUT2D eigenvalue weighted by Crippen LogP contribution is -2.09. The Hall–Kier alpha value is -0.795. The van der Waals surface area contributed by atoms with Gasteiger partial charge in [0.2, 0.25) is 0 Å². The molecule has 2 aliphatic heterocycles. The monoisotopic (exact) mass is 138 g/mol. The maximum atomic E-state index is 10.8. The number of rotatable bonds is 1. The molecular weight excluding hydrogens is 131 g/mol. The molecule has 4 heteroatoms. The molecule has 0 amide bonds. The van der Waals surface area contributed by atoms with Crippen LogP contribution in [0.15, 0.2) is 0 Å². The van der Waals surface area contributed by atoms with E-state index in [1.807, 2.05) is 0 Å². The Morgan fingerprint density at radius 3 is 2.50 bits per heavy atom. The summed E-state index contributed by atoms with van der Waals surface area (Å²) in [5, 5.41) is 0. The van der Waals surface area contributed by atoms with Crippen LogP contribution < -0.4 is 0 Å². The summed E-state index contributed by atoms with van der Waals surface area (Å²) in [6.45, 7) is 0.457. The summed E-state index contributed by atoms with van der Waals surface area (Å²) >= 11 is 0. The van der Waals surface area contributed by atoms with Crippen molar-refractivity contribution in [1.82, 2.24) is 0 Å². The van der Waals surface area contributed by atoms with E-state index in [1.54, 1.807) is 0 Å². The fourth-order valence-corrected chi connectivity index (χ4v) is 1.35. The summed E-state index contributed by atoms with van der Waals surface area (Å²) in [5.41, 5.74) is 0. The molecule has 2 saturated heterocycles. The molecule has 0 aromatic heterocycles. The first-order valence-electron chi connectivity index (χ1n) is 3.52. The van der Waals surface area contributed by atoms with Crippen LogP contribution in [-0.2, 0) is 14.3 Å². The third kappa shape index (κ3) is 0.837. The topological polar surface area (TPSA) is 43.4 Å². The van der Waals surface area contributed by atoms with E-state index in [0.29, 0.717) is 13.1 Å². The molecule has 0 radical (unpaired) electrons. The zero-order valence-electron chi connectivity index (χ0n) is 5.50. The summed E-state index contributed by atoms with van der Waals surface area (Å²) < 4.78 is 4.40. The van der Waals surface area contributed by atoms with Gasteiger partial charge in [-0.2, -0.15) is 0 Å². The summed E-state index contributed by atoms with van der Waals surface area (Å²) in [6.07, 6.45) is 2.50. The van der Waals surface area contributed by atoms with E-state index in [1.165, 1.54) is 0 Å². The third-order valence-corrected chi connectivity index (χ3v) is 2.09. The first-order valence-corrected chi connectivity index (χ1v) is 3.52. The molecule has 3 nitrogen and oxygen atoms in total. The van der Waals surface area contributed by atoms with Crippen molar-refractivity contribution in [3.05, 3.63) is 0 Å². The zero-order chi connectivity index (χ0) is 7.14. The molecule has 2 aliphatic rings.